The van der Waals surface area contributed by atoms with Gasteiger partial charge in [-0.3, -0.25) is 10.1 Å². The minimum absolute atomic E-state index is 0.0370. The Bertz CT molecular complexity index is 1500. The van der Waals surface area contributed by atoms with Crippen LogP contribution in [0.25, 0.3) is 0 Å². The Kier molecular flexibility index (Phi) is 6.83. The Balaban J connectivity index is 1.80. The molecule has 1 heterocycles. The highest BCUT2D eigenvalue weighted by atomic mass is 31.2. The number of nitro groups is 1. The summed E-state index contributed by atoms with van der Waals surface area (Å²) in [4.78, 5) is 19.9. The highest BCUT2D eigenvalue weighted by Gasteiger charge is 2.28. The van der Waals surface area contributed by atoms with Crippen molar-refractivity contribution in [1.82, 2.24) is 9.97 Å². The first-order valence-electron chi connectivity index (χ1n) is 11.4. The highest BCUT2D eigenvalue weighted by Crippen LogP contribution is 2.50. The molecule has 1 aromatic heterocycles. The molecule has 0 radical (unpaired) electrons. The van der Waals surface area contributed by atoms with Crippen molar-refractivity contribution in [3.05, 3.63) is 138 Å². The van der Waals surface area contributed by atoms with Gasteiger partial charge >= 0.3 is 0 Å². The van der Waals surface area contributed by atoms with Gasteiger partial charge in [0, 0.05) is 40.4 Å². The van der Waals surface area contributed by atoms with Gasteiger partial charge in [-0.05, 0) is 6.07 Å². The average Bonchev–Trinajstić information content (AvgIpc) is 2.94. The maximum absolute atomic E-state index is 14.0. The van der Waals surface area contributed by atoms with E-state index in [-0.39, 0.29) is 23.0 Å². The number of rotatable bonds is 7. The summed E-state index contributed by atoms with van der Waals surface area (Å²) in [6, 6.07) is 33.1. The van der Waals surface area contributed by atoms with Crippen molar-refractivity contribution in [2.24, 2.45) is 4.74 Å². The van der Waals surface area contributed by atoms with Crippen LogP contribution in [0.2, 0.25) is 0 Å². The van der Waals surface area contributed by atoms with E-state index in [0.717, 1.165) is 34.1 Å². The van der Waals surface area contributed by atoms with Crippen molar-refractivity contribution in [3.63, 3.8) is 0 Å². The largest absolute Gasteiger partial charge is 0.331 e. The van der Waals surface area contributed by atoms with E-state index in [1.54, 1.807) is 0 Å². The molecule has 0 spiro atoms. The molecule has 0 fully saturated rings. The Hall–Kier alpha value is -4.68. The molecule has 0 bridgehead atoms. The van der Waals surface area contributed by atoms with Gasteiger partial charge in [0.05, 0.1) is 12.0 Å². The molecule has 0 amide bonds. The molecule has 182 valence electrons. The number of nitrogens with zero attached hydrogens (tertiary/aromatic N) is 4. The number of aromatic nitrogens is 2. The number of benzene rings is 4. The molecule has 9 heteroatoms. The quantitative estimate of drug-likeness (QED) is 0.163. The monoisotopic (exact) mass is 509 g/mol. The molecule has 1 N–H and O–H groups in total. The van der Waals surface area contributed by atoms with Gasteiger partial charge in [-0.25, -0.2) is 19.1 Å². The predicted molar refractivity (Wildman–Crippen MR) is 146 cm³/mol. The third-order valence-electron chi connectivity index (χ3n) is 5.72. The maximum Gasteiger partial charge on any atom is 0.292 e. The summed E-state index contributed by atoms with van der Waals surface area (Å²) in [6.45, 7) is 0. The minimum Gasteiger partial charge on any atom is -0.331 e. The number of anilines is 2. The lowest BCUT2D eigenvalue weighted by molar-refractivity contribution is -0.384. The predicted octanol–water partition coefficient (Wildman–Crippen LogP) is 6.08. The average molecular weight is 509 g/mol. The smallest absolute Gasteiger partial charge is 0.292 e. The van der Waals surface area contributed by atoms with E-state index < -0.39 is 17.8 Å². The van der Waals surface area contributed by atoms with Crippen LogP contribution < -0.4 is 21.2 Å². The van der Waals surface area contributed by atoms with Gasteiger partial charge in [0.1, 0.15) is 11.5 Å². The van der Waals surface area contributed by atoms with Crippen LogP contribution in [0.3, 0.4) is 0 Å². The second-order valence-corrected chi connectivity index (χ2v) is 11.0. The number of hydrogen-bond acceptors (Lipinski definition) is 6. The lowest BCUT2D eigenvalue weighted by atomic mass is 10.2. The molecule has 0 aliphatic rings. The van der Waals surface area contributed by atoms with Crippen LogP contribution in [-0.4, -0.2) is 14.9 Å². The third-order valence-corrected chi connectivity index (χ3v) is 9.35. The maximum atomic E-state index is 14.0. The van der Waals surface area contributed by atoms with Crippen LogP contribution >= 0.6 is 7.05 Å². The first-order valence-corrected chi connectivity index (χ1v) is 13.1. The van der Waals surface area contributed by atoms with Crippen molar-refractivity contribution >= 4 is 46.0 Å². The first-order chi connectivity index (χ1) is 18.1. The minimum atomic E-state index is -2.67. The van der Waals surface area contributed by atoms with Crippen LogP contribution in [0.5, 0.6) is 0 Å². The summed E-state index contributed by atoms with van der Waals surface area (Å²) in [5.41, 5.74) is -0.321. The van der Waals surface area contributed by atoms with Gasteiger partial charge in [-0.1, -0.05) is 91.0 Å². The fourth-order valence-corrected chi connectivity index (χ4v) is 7.56. The first kappa shape index (κ1) is 24.0. The van der Waals surface area contributed by atoms with Gasteiger partial charge in [0.15, 0.2) is 11.6 Å². The van der Waals surface area contributed by atoms with Crippen molar-refractivity contribution in [1.29, 1.82) is 0 Å². The molecule has 4 aromatic carbocycles. The fraction of sp³-hybridized carbons (Fsp3) is 0. The van der Waals surface area contributed by atoms with E-state index >= 15 is 0 Å². The van der Waals surface area contributed by atoms with Crippen molar-refractivity contribution in [2.75, 3.05) is 5.32 Å². The van der Waals surface area contributed by atoms with E-state index in [9.17, 15) is 14.5 Å². The highest BCUT2D eigenvalue weighted by molar-refractivity contribution is 7.87. The summed E-state index contributed by atoms with van der Waals surface area (Å²) >= 11 is 0. The molecule has 0 saturated carbocycles. The van der Waals surface area contributed by atoms with Crippen LogP contribution in [0.15, 0.2) is 126 Å². The topological polar surface area (TPSA) is 93.3 Å². The summed E-state index contributed by atoms with van der Waals surface area (Å²) in [7, 11) is -2.67. The summed E-state index contributed by atoms with van der Waals surface area (Å²) < 4.78 is 19.3. The number of nitrogens with one attached hydrogen (secondary N) is 1. The third kappa shape index (κ3) is 4.87. The normalized spacial score (nSPS) is 11.1. The van der Waals surface area contributed by atoms with E-state index in [4.69, 9.17) is 4.74 Å². The molecular formula is C28H21FN5O2P. The van der Waals surface area contributed by atoms with Crippen LogP contribution in [0.1, 0.15) is 0 Å². The molecule has 7 nitrogen and oxygen atoms in total. The molecular weight excluding hydrogens is 488 g/mol. The molecule has 0 saturated heterocycles. The number of nitro benzene ring substituents is 1. The zero-order valence-corrected chi connectivity index (χ0v) is 20.4. The Morgan fingerprint density at radius 1 is 0.757 bits per heavy atom. The van der Waals surface area contributed by atoms with Crippen LogP contribution in [-0.2, 0) is 0 Å². The lowest BCUT2D eigenvalue weighted by Crippen LogP contribution is -2.25. The standard InChI is InChI=1S/C28H21FN5O2P/c29-21-16-17-26(34(35)36)25(20-21)32-27-28(31-19-18-30-27)33-37(22-10-4-1-5-11-22,23-12-6-2-7-13-23)24-14-8-3-9-15-24/h1-20H,(H,30,32). The van der Waals surface area contributed by atoms with Crippen LogP contribution in [0, 0.1) is 15.9 Å². The van der Waals surface area contributed by atoms with Gasteiger partial charge in [0.2, 0.25) is 0 Å². The van der Waals surface area contributed by atoms with E-state index in [1.807, 2.05) is 91.0 Å². The lowest BCUT2D eigenvalue weighted by Gasteiger charge is -2.27. The molecule has 5 aromatic rings. The summed E-state index contributed by atoms with van der Waals surface area (Å²) in [5.74, 6) is -0.176. The van der Waals surface area contributed by atoms with Gasteiger partial charge in [-0.15, -0.1) is 0 Å². The molecule has 0 aliphatic carbocycles. The molecule has 0 aliphatic heterocycles. The summed E-state index contributed by atoms with van der Waals surface area (Å²) in [6.07, 6.45) is 2.97. The Morgan fingerprint density at radius 2 is 1.27 bits per heavy atom. The summed E-state index contributed by atoms with van der Waals surface area (Å²) in [5, 5.41) is 17.5. The zero-order valence-electron chi connectivity index (χ0n) is 19.5. The second kappa shape index (κ2) is 10.5. The van der Waals surface area contributed by atoms with Gasteiger partial charge in [-0.2, -0.15) is 0 Å². The van der Waals surface area contributed by atoms with E-state index in [1.165, 1.54) is 12.4 Å². The molecule has 0 unspecified atom stereocenters. The van der Waals surface area contributed by atoms with E-state index in [0.29, 0.717) is 0 Å². The Morgan fingerprint density at radius 3 is 1.78 bits per heavy atom. The van der Waals surface area contributed by atoms with Crippen molar-refractivity contribution in [3.8, 4) is 0 Å². The van der Waals surface area contributed by atoms with Gasteiger partial charge < -0.3 is 5.32 Å². The van der Waals surface area contributed by atoms with Crippen molar-refractivity contribution in [2.45, 2.75) is 0 Å². The molecule has 5 rings (SSSR count). The Labute approximate surface area is 212 Å². The SMILES string of the molecule is O=[N+]([O-])c1ccc(F)cc1Nc1nccnc1N=P(c1ccccc1)(c1ccccc1)c1ccccc1. The molecule has 0 atom stereocenters. The fourth-order valence-electron chi connectivity index (χ4n) is 4.08. The molecule has 37 heavy (non-hydrogen) atoms. The number of hydrogen-bond donors (Lipinski definition) is 1. The second-order valence-electron chi connectivity index (χ2n) is 8.01. The van der Waals surface area contributed by atoms with Gasteiger partial charge in [0.25, 0.3) is 5.69 Å². The van der Waals surface area contributed by atoms with Crippen LogP contribution in [0.4, 0.5) is 27.4 Å². The zero-order chi connectivity index (χ0) is 25.7. The number of halogens is 1. The van der Waals surface area contributed by atoms with E-state index in [2.05, 4.69) is 15.3 Å². The van der Waals surface area contributed by atoms with Crippen molar-refractivity contribution < 1.29 is 9.31 Å².